The lowest BCUT2D eigenvalue weighted by Gasteiger charge is -2.34. The normalized spacial score (nSPS) is 35.9. The van der Waals surface area contributed by atoms with E-state index in [1.807, 2.05) is 0 Å². The molecule has 118 valence electrons. The first kappa shape index (κ1) is 16.2. The smallest absolute Gasteiger partial charge is 0.209 e. The van der Waals surface area contributed by atoms with Crippen LogP contribution in [0, 0.1) is 5.92 Å². The topological polar surface area (TPSA) is 67.4 Å². The first-order chi connectivity index (χ1) is 9.44. The summed E-state index contributed by atoms with van der Waals surface area (Å²) in [7, 11) is -3.15. The molecule has 1 heterocycles. The minimum atomic E-state index is -3.15. The van der Waals surface area contributed by atoms with Crippen molar-refractivity contribution in [2.45, 2.75) is 63.6 Å². The molecule has 0 amide bonds. The quantitative estimate of drug-likeness (QED) is 0.802. The highest BCUT2D eigenvalue weighted by molar-refractivity contribution is 7.88. The van der Waals surface area contributed by atoms with Crippen LogP contribution in [-0.2, 0) is 14.8 Å². The Kier molecular flexibility index (Phi) is 5.84. The van der Waals surface area contributed by atoms with E-state index in [2.05, 4.69) is 17.0 Å². The van der Waals surface area contributed by atoms with E-state index in [0.717, 1.165) is 38.1 Å². The van der Waals surface area contributed by atoms with Crippen molar-refractivity contribution >= 4 is 10.0 Å². The van der Waals surface area contributed by atoms with Crippen LogP contribution in [0.3, 0.4) is 0 Å². The van der Waals surface area contributed by atoms with Gasteiger partial charge in [0.2, 0.25) is 10.0 Å². The van der Waals surface area contributed by atoms with Crippen LogP contribution in [0.1, 0.15) is 45.4 Å². The number of piperidine rings is 1. The second kappa shape index (κ2) is 7.20. The van der Waals surface area contributed by atoms with Crippen molar-refractivity contribution < 1.29 is 13.2 Å². The summed E-state index contributed by atoms with van der Waals surface area (Å²) in [6.45, 7) is 3.84. The van der Waals surface area contributed by atoms with Gasteiger partial charge in [0.25, 0.3) is 0 Å². The summed E-state index contributed by atoms with van der Waals surface area (Å²) in [5, 5.41) is 3.39. The van der Waals surface area contributed by atoms with Crippen LogP contribution in [0.5, 0.6) is 0 Å². The molecule has 2 N–H and O–H groups in total. The molecule has 0 spiro atoms. The standard InChI is InChI=1S/C14H28N2O3S/c1-11-5-7-12(8-6-11)19-10-14-13(4-3-9-15-14)16-20(2,17)18/h11-16H,3-10H2,1-2H3/t11-,12+,13-,14-/m0/s1. The molecule has 0 aromatic rings. The summed E-state index contributed by atoms with van der Waals surface area (Å²) < 4.78 is 31.6. The van der Waals surface area contributed by atoms with Gasteiger partial charge in [-0.15, -0.1) is 0 Å². The van der Waals surface area contributed by atoms with Crippen molar-refractivity contribution in [1.82, 2.24) is 10.0 Å². The molecule has 2 atom stereocenters. The molecule has 1 saturated heterocycles. The molecular formula is C14H28N2O3S. The van der Waals surface area contributed by atoms with Crippen molar-refractivity contribution in [1.29, 1.82) is 0 Å². The van der Waals surface area contributed by atoms with Crippen molar-refractivity contribution in [3.05, 3.63) is 0 Å². The zero-order valence-corrected chi connectivity index (χ0v) is 13.4. The minimum absolute atomic E-state index is 0.0405. The number of sulfonamides is 1. The Bertz CT molecular complexity index is 391. The zero-order valence-electron chi connectivity index (χ0n) is 12.6. The number of nitrogens with one attached hydrogen (secondary N) is 2. The lowest BCUT2D eigenvalue weighted by Crippen LogP contribution is -2.55. The summed E-state index contributed by atoms with van der Waals surface area (Å²) in [5.74, 6) is 0.822. The summed E-state index contributed by atoms with van der Waals surface area (Å²) in [6, 6.07) is 0.0547. The molecule has 6 heteroatoms. The molecule has 5 nitrogen and oxygen atoms in total. The van der Waals surface area contributed by atoms with Crippen molar-refractivity contribution in [2.24, 2.45) is 5.92 Å². The van der Waals surface area contributed by atoms with Gasteiger partial charge in [-0.3, -0.25) is 0 Å². The van der Waals surface area contributed by atoms with Crippen LogP contribution in [-0.4, -0.2) is 46.0 Å². The van der Waals surface area contributed by atoms with E-state index in [1.165, 1.54) is 19.1 Å². The second-order valence-electron chi connectivity index (χ2n) is 6.41. The van der Waals surface area contributed by atoms with Gasteiger partial charge in [0, 0.05) is 12.1 Å². The fourth-order valence-corrected chi connectivity index (χ4v) is 4.01. The fourth-order valence-electron chi connectivity index (χ4n) is 3.18. The molecule has 2 aliphatic rings. The molecule has 0 radical (unpaired) electrons. The van der Waals surface area contributed by atoms with Crippen LogP contribution in [0.25, 0.3) is 0 Å². The Morgan fingerprint density at radius 1 is 1.20 bits per heavy atom. The van der Waals surface area contributed by atoms with Crippen molar-refractivity contribution in [3.8, 4) is 0 Å². The van der Waals surface area contributed by atoms with Gasteiger partial charge >= 0.3 is 0 Å². The van der Waals surface area contributed by atoms with Crippen LogP contribution < -0.4 is 10.0 Å². The minimum Gasteiger partial charge on any atom is -0.377 e. The SMILES string of the molecule is CS(=O)(=O)N[C@H]1CCCN[C@H]1CO[C@H]1CC[C@@H](C)CC1. The van der Waals surface area contributed by atoms with Crippen LogP contribution in [0.2, 0.25) is 0 Å². The average molecular weight is 304 g/mol. The Hall–Kier alpha value is -0.170. The summed E-state index contributed by atoms with van der Waals surface area (Å²) in [4.78, 5) is 0. The van der Waals surface area contributed by atoms with E-state index in [-0.39, 0.29) is 12.1 Å². The summed E-state index contributed by atoms with van der Waals surface area (Å²) in [6.07, 6.45) is 8.23. The third kappa shape index (κ3) is 5.31. The number of hydrogen-bond donors (Lipinski definition) is 2. The Morgan fingerprint density at radius 2 is 1.90 bits per heavy atom. The monoisotopic (exact) mass is 304 g/mol. The van der Waals surface area contributed by atoms with Gasteiger partial charge in [-0.25, -0.2) is 13.1 Å². The van der Waals surface area contributed by atoms with E-state index in [0.29, 0.717) is 12.7 Å². The van der Waals surface area contributed by atoms with E-state index in [1.54, 1.807) is 0 Å². The van der Waals surface area contributed by atoms with Crippen LogP contribution in [0.15, 0.2) is 0 Å². The summed E-state index contributed by atoms with van der Waals surface area (Å²) >= 11 is 0. The highest BCUT2D eigenvalue weighted by atomic mass is 32.2. The Morgan fingerprint density at radius 3 is 2.55 bits per heavy atom. The third-order valence-corrected chi connectivity index (χ3v) is 5.15. The molecule has 2 fully saturated rings. The maximum atomic E-state index is 11.4. The molecular weight excluding hydrogens is 276 g/mol. The van der Waals surface area contributed by atoms with Gasteiger partial charge in [-0.05, 0) is 51.0 Å². The van der Waals surface area contributed by atoms with E-state index in [4.69, 9.17) is 4.74 Å². The molecule has 0 unspecified atom stereocenters. The average Bonchev–Trinajstić information content (AvgIpc) is 2.38. The van der Waals surface area contributed by atoms with Crippen molar-refractivity contribution in [3.63, 3.8) is 0 Å². The highest BCUT2D eigenvalue weighted by Crippen LogP contribution is 2.25. The lowest BCUT2D eigenvalue weighted by atomic mass is 9.89. The first-order valence-electron chi connectivity index (χ1n) is 7.76. The maximum absolute atomic E-state index is 11.4. The van der Waals surface area contributed by atoms with Gasteiger partial charge in [-0.2, -0.15) is 0 Å². The molecule has 0 aromatic heterocycles. The number of rotatable bonds is 5. The summed E-state index contributed by atoms with van der Waals surface area (Å²) in [5.41, 5.74) is 0. The molecule has 1 saturated carbocycles. The van der Waals surface area contributed by atoms with Crippen molar-refractivity contribution in [2.75, 3.05) is 19.4 Å². The van der Waals surface area contributed by atoms with E-state index in [9.17, 15) is 8.42 Å². The molecule has 1 aliphatic carbocycles. The Balaban J connectivity index is 1.80. The first-order valence-corrected chi connectivity index (χ1v) is 9.65. The third-order valence-electron chi connectivity index (χ3n) is 4.42. The van der Waals surface area contributed by atoms with E-state index >= 15 is 0 Å². The largest absolute Gasteiger partial charge is 0.377 e. The Labute approximate surface area is 122 Å². The number of ether oxygens (including phenoxy) is 1. The van der Waals surface area contributed by atoms with Gasteiger partial charge < -0.3 is 10.1 Å². The van der Waals surface area contributed by atoms with E-state index < -0.39 is 10.0 Å². The zero-order chi connectivity index (χ0) is 14.6. The van der Waals surface area contributed by atoms with Gasteiger partial charge in [0.15, 0.2) is 0 Å². The van der Waals surface area contributed by atoms with Gasteiger partial charge in [0.05, 0.1) is 19.0 Å². The molecule has 1 aliphatic heterocycles. The number of hydrogen-bond acceptors (Lipinski definition) is 4. The van der Waals surface area contributed by atoms with Gasteiger partial charge in [-0.1, -0.05) is 6.92 Å². The predicted molar refractivity (Wildman–Crippen MR) is 80.2 cm³/mol. The highest BCUT2D eigenvalue weighted by Gasteiger charge is 2.28. The molecule has 0 bridgehead atoms. The molecule has 0 aromatic carbocycles. The second-order valence-corrected chi connectivity index (χ2v) is 8.19. The van der Waals surface area contributed by atoms with Gasteiger partial charge in [0.1, 0.15) is 0 Å². The predicted octanol–water partition coefficient (Wildman–Crippen LogP) is 1.25. The van der Waals surface area contributed by atoms with Crippen LogP contribution in [0.4, 0.5) is 0 Å². The lowest BCUT2D eigenvalue weighted by molar-refractivity contribution is 0.00130. The van der Waals surface area contributed by atoms with Crippen LogP contribution >= 0.6 is 0 Å². The molecule has 2 rings (SSSR count). The maximum Gasteiger partial charge on any atom is 0.209 e. The fraction of sp³-hybridized carbons (Fsp3) is 1.00. The molecule has 20 heavy (non-hydrogen) atoms.